The van der Waals surface area contributed by atoms with E-state index in [0.29, 0.717) is 11.2 Å². The van der Waals surface area contributed by atoms with E-state index in [0.717, 1.165) is 17.5 Å². The number of nitrogens with zero attached hydrogens (tertiary/aromatic N) is 2. The predicted molar refractivity (Wildman–Crippen MR) is 153 cm³/mol. The summed E-state index contributed by atoms with van der Waals surface area (Å²) in [4.78, 5) is 44.7. The quantitative estimate of drug-likeness (QED) is 0.175. The van der Waals surface area contributed by atoms with Crippen LogP contribution in [0.15, 0.2) is 60.8 Å². The van der Waals surface area contributed by atoms with Gasteiger partial charge in [0.05, 0.1) is 28.8 Å². The molecule has 3 unspecified atom stereocenters. The first kappa shape index (κ1) is 31.8. The summed E-state index contributed by atoms with van der Waals surface area (Å²) in [7, 11) is 0. The van der Waals surface area contributed by atoms with Crippen LogP contribution in [-0.2, 0) is 20.6 Å². The molecule has 1 heterocycles. The van der Waals surface area contributed by atoms with E-state index < -0.39 is 46.8 Å². The molecule has 0 aliphatic heterocycles. The molecule has 2 aromatic carbocycles. The number of anilines is 1. The van der Waals surface area contributed by atoms with Gasteiger partial charge in [-0.2, -0.15) is 25.8 Å². The van der Waals surface area contributed by atoms with E-state index in [-0.39, 0.29) is 38.2 Å². The molecule has 0 aliphatic rings. The van der Waals surface area contributed by atoms with Gasteiger partial charge in [-0.25, -0.2) is 0 Å². The highest BCUT2D eigenvalue weighted by atomic mass is 32.1. The molecule has 0 fully saturated rings. The zero-order chi connectivity index (χ0) is 30.2. The fourth-order valence-corrected chi connectivity index (χ4v) is 4.45. The normalized spacial score (nSPS) is 13.7. The Morgan fingerprint density at radius 2 is 1.63 bits per heavy atom. The molecule has 220 valence electrons. The Morgan fingerprint density at radius 1 is 0.976 bits per heavy atom. The summed E-state index contributed by atoms with van der Waals surface area (Å²) in [5, 5.41) is 4.90. The number of hydrogen-bond acceptors (Lipinski definition) is 8. The van der Waals surface area contributed by atoms with Crippen molar-refractivity contribution < 1.29 is 27.6 Å². The highest BCUT2D eigenvalue weighted by Crippen LogP contribution is 2.32. The van der Waals surface area contributed by atoms with Gasteiger partial charge in [0, 0.05) is 43.4 Å². The molecule has 0 saturated carbocycles. The van der Waals surface area contributed by atoms with E-state index in [9.17, 15) is 27.6 Å². The topological polar surface area (TPSA) is 169 Å². The van der Waals surface area contributed by atoms with Crippen LogP contribution in [0.3, 0.4) is 0 Å². The van der Waals surface area contributed by atoms with Gasteiger partial charge in [0.2, 0.25) is 17.7 Å². The van der Waals surface area contributed by atoms with Gasteiger partial charge in [-0.05, 0) is 42.0 Å². The summed E-state index contributed by atoms with van der Waals surface area (Å²) in [5.74, 6) is -1.97. The predicted octanol–water partition coefficient (Wildman–Crippen LogP) is 1.81. The van der Waals surface area contributed by atoms with Gasteiger partial charge in [0.1, 0.15) is 6.04 Å². The molecule has 0 aliphatic carbocycles. The highest BCUT2D eigenvalue weighted by Gasteiger charge is 2.33. The molecular weight excluding hydrogens is 559 g/mol. The molecule has 10 nitrogen and oxygen atoms in total. The highest BCUT2D eigenvalue weighted by molar-refractivity contribution is 7.80. The molecule has 3 rings (SSSR count). The summed E-state index contributed by atoms with van der Waals surface area (Å²) < 4.78 is 39.2. The number of carbonyl (C=O) groups excluding carboxylic acids is 3. The van der Waals surface area contributed by atoms with E-state index in [2.05, 4.69) is 28.2 Å². The zero-order valence-electron chi connectivity index (χ0n) is 22.0. The average molecular weight is 592 g/mol. The second-order valence-electron chi connectivity index (χ2n) is 9.22. The molecule has 41 heavy (non-hydrogen) atoms. The van der Waals surface area contributed by atoms with Crippen molar-refractivity contribution in [1.29, 1.82) is 0 Å². The van der Waals surface area contributed by atoms with Crippen LogP contribution in [0.5, 0.6) is 0 Å². The molecule has 8 N–H and O–H groups in total. The van der Waals surface area contributed by atoms with Gasteiger partial charge in [0.25, 0.3) is 0 Å². The standard InChI is InChI=1S/C27H32F3N7O3S/c28-27(29,30)18-5-3-16(4-6-18)24(41)23(26(40)35-19-7-8-21-17(14-19)2-1-11-34-21)36-25(39)20(33)15-22(38)37(12-9-31)13-10-32/h1-8,11,14,20,23-24,41H,9-10,12-13,15,31-33H2,(H,35,40)(H,36,39). The van der Waals surface area contributed by atoms with E-state index >= 15 is 0 Å². The summed E-state index contributed by atoms with van der Waals surface area (Å²) >= 11 is 4.48. The van der Waals surface area contributed by atoms with Crippen molar-refractivity contribution in [3.8, 4) is 0 Å². The van der Waals surface area contributed by atoms with Crippen LogP contribution in [0.25, 0.3) is 10.9 Å². The molecule has 3 amide bonds. The largest absolute Gasteiger partial charge is 0.416 e. The van der Waals surface area contributed by atoms with Gasteiger partial charge in [0.15, 0.2) is 0 Å². The molecule has 0 spiro atoms. The molecule has 14 heteroatoms. The maximum atomic E-state index is 13.4. The number of rotatable bonds is 12. The number of pyridine rings is 1. The molecule has 0 bridgehead atoms. The van der Waals surface area contributed by atoms with Gasteiger partial charge < -0.3 is 32.7 Å². The lowest BCUT2D eigenvalue weighted by Gasteiger charge is -2.27. The van der Waals surface area contributed by atoms with Gasteiger partial charge >= 0.3 is 6.18 Å². The van der Waals surface area contributed by atoms with Gasteiger partial charge in [-0.3, -0.25) is 19.4 Å². The summed E-state index contributed by atoms with van der Waals surface area (Å²) in [6.45, 7) is 0.829. The zero-order valence-corrected chi connectivity index (χ0v) is 22.9. The number of carbonyl (C=O) groups is 3. The van der Waals surface area contributed by atoms with Crippen molar-refractivity contribution in [2.45, 2.75) is 29.9 Å². The third kappa shape index (κ3) is 8.63. The number of nitrogens with two attached hydrogens (primary N) is 3. The Bertz CT molecular complexity index is 1350. The molecule has 3 atom stereocenters. The number of thiol groups is 1. The Kier molecular flexibility index (Phi) is 11.1. The molecular formula is C27H32F3N7O3S. The first-order chi connectivity index (χ1) is 19.4. The number of alkyl halides is 3. The first-order valence-corrected chi connectivity index (χ1v) is 13.2. The van der Waals surface area contributed by atoms with Crippen molar-refractivity contribution in [3.05, 3.63) is 71.9 Å². The van der Waals surface area contributed by atoms with Crippen molar-refractivity contribution in [2.75, 3.05) is 31.5 Å². The minimum absolute atomic E-state index is 0.189. The third-order valence-electron chi connectivity index (χ3n) is 6.23. The van der Waals surface area contributed by atoms with E-state index in [4.69, 9.17) is 17.2 Å². The van der Waals surface area contributed by atoms with Crippen LogP contribution >= 0.6 is 12.6 Å². The Morgan fingerprint density at radius 3 is 2.24 bits per heavy atom. The van der Waals surface area contributed by atoms with E-state index in [1.807, 2.05) is 0 Å². The second kappa shape index (κ2) is 14.3. The third-order valence-corrected chi connectivity index (χ3v) is 6.82. The SMILES string of the molecule is NCCN(CCN)C(=O)CC(N)C(=O)NC(C(=O)Nc1ccc2ncccc2c1)C(S)c1ccc(C(F)(F)F)cc1. The van der Waals surface area contributed by atoms with Crippen molar-refractivity contribution in [3.63, 3.8) is 0 Å². The second-order valence-corrected chi connectivity index (χ2v) is 9.78. The van der Waals surface area contributed by atoms with Crippen LogP contribution in [0.2, 0.25) is 0 Å². The maximum Gasteiger partial charge on any atom is 0.416 e. The van der Waals surface area contributed by atoms with E-state index in [1.54, 1.807) is 36.5 Å². The van der Waals surface area contributed by atoms with Crippen LogP contribution in [0.1, 0.15) is 22.8 Å². The number of aromatic nitrogens is 1. The van der Waals surface area contributed by atoms with Crippen LogP contribution in [0.4, 0.5) is 18.9 Å². The summed E-state index contributed by atoms with van der Waals surface area (Å²) in [6, 6.07) is 9.89. The number of halogens is 3. The van der Waals surface area contributed by atoms with E-state index in [1.165, 1.54) is 17.0 Å². The average Bonchev–Trinajstić information content (AvgIpc) is 2.94. The number of amides is 3. The minimum atomic E-state index is -4.55. The van der Waals surface area contributed by atoms with Crippen LogP contribution < -0.4 is 27.8 Å². The fourth-order valence-electron chi connectivity index (χ4n) is 4.07. The minimum Gasteiger partial charge on any atom is -0.342 e. The summed E-state index contributed by atoms with van der Waals surface area (Å²) in [5.41, 5.74) is 17.5. The number of benzene rings is 2. The van der Waals surface area contributed by atoms with Crippen molar-refractivity contribution >= 4 is 46.9 Å². The van der Waals surface area contributed by atoms with Crippen LogP contribution in [-0.4, -0.2) is 65.9 Å². The van der Waals surface area contributed by atoms with Gasteiger partial charge in [-0.1, -0.05) is 18.2 Å². The Balaban J connectivity index is 1.83. The molecule has 3 aromatic rings. The number of nitrogens with one attached hydrogen (secondary N) is 2. The fraction of sp³-hybridized carbons (Fsp3) is 0.333. The van der Waals surface area contributed by atoms with Crippen molar-refractivity contribution in [1.82, 2.24) is 15.2 Å². The first-order valence-electron chi connectivity index (χ1n) is 12.7. The Hall–Kier alpha value is -3.72. The lowest BCUT2D eigenvalue weighted by atomic mass is 10.0. The lowest BCUT2D eigenvalue weighted by Crippen LogP contribution is -2.53. The monoisotopic (exact) mass is 591 g/mol. The van der Waals surface area contributed by atoms with Crippen LogP contribution in [0, 0.1) is 0 Å². The van der Waals surface area contributed by atoms with Gasteiger partial charge in [-0.15, -0.1) is 0 Å². The number of fused-ring (bicyclic) bond motifs is 1. The lowest BCUT2D eigenvalue weighted by molar-refractivity contribution is -0.137. The molecule has 0 saturated heterocycles. The Labute approximate surface area is 240 Å². The van der Waals surface area contributed by atoms with Crippen molar-refractivity contribution in [2.24, 2.45) is 17.2 Å². The molecule has 0 radical (unpaired) electrons. The maximum absolute atomic E-state index is 13.4. The molecule has 1 aromatic heterocycles. The number of hydrogen-bond donors (Lipinski definition) is 6. The smallest absolute Gasteiger partial charge is 0.342 e. The summed E-state index contributed by atoms with van der Waals surface area (Å²) in [6.07, 6.45) is -3.31.